The van der Waals surface area contributed by atoms with E-state index in [1.165, 1.54) is 12.1 Å². The van der Waals surface area contributed by atoms with Gasteiger partial charge in [0.1, 0.15) is 5.82 Å². The van der Waals surface area contributed by atoms with Crippen LogP contribution in [0.5, 0.6) is 0 Å². The summed E-state index contributed by atoms with van der Waals surface area (Å²) in [5.74, 6) is 1.25. The van der Waals surface area contributed by atoms with Crippen molar-refractivity contribution < 1.29 is 5.11 Å². The fourth-order valence-electron chi connectivity index (χ4n) is 1.80. The maximum atomic E-state index is 8.86. The molecule has 0 bridgehead atoms. The van der Waals surface area contributed by atoms with Crippen LogP contribution in [0.25, 0.3) is 0 Å². The summed E-state index contributed by atoms with van der Waals surface area (Å²) < 4.78 is 0. The van der Waals surface area contributed by atoms with Crippen molar-refractivity contribution in [3.8, 4) is 0 Å². The Morgan fingerprint density at radius 3 is 3.15 bits per heavy atom. The van der Waals surface area contributed by atoms with E-state index in [0.29, 0.717) is 5.92 Å². The molecule has 4 heteroatoms. The van der Waals surface area contributed by atoms with Crippen molar-refractivity contribution in [2.45, 2.75) is 31.7 Å². The molecule has 1 aliphatic rings. The molecule has 13 heavy (non-hydrogen) atoms. The SMILES string of the molecule is CC1CCc2[nH]c(C(N)CO)nc21. The smallest absolute Gasteiger partial charge is 0.125 e. The molecule has 0 saturated heterocycles. The molecule has 0 aliphatic heterocycles. The number of aliphatic hydroxyl groups excluding tert-OH is 1. The Morgan fingerprint density at radius 2 is 2.54 bits per heavy atom. The number of nitrogens with one attached hydrogen (secondary N) is 1. The minimum Gasteiger partial charge on any atom is -0.394 e. The third-order valence-electron chi connectivity index (χ3n) is 2.67. The zero-order valence-electron chi connectivity index (χ0n) is 7.75. The molecule has 0 radical (unpaired) electrons. The average molecular weight is 181 g/mol. The van der Waals surface area contributed by atoms with Gasteiger partial charge in [-0.2, -0.15) is 0 Å². The van der Waals surface area contributed by atoms with Crippen LogP contribution >= 0.6 is 0 Å². The Bertz CT molecular complexity index is 308. The second-order valence-corrected chi connectivity index (χ2v) is 3.71. The van der Waals surface area contributed by atoms with E-state index in [1.807, 2.05) is 0 Å². The summed E-state index contributed by atoms with van der Waals surface area (Å²) in [6.45, 7) is 2.11. The van der Waals surface area contributed by atoms with Gasteiger partial charge in [-0.15, -0.1) is 0 Å². The van der Waals surface area contributed by atoms with E-state index in [-0.39, 0.29) is 12.6 Å². The monoisotopic (exact) mass is 181 g/mol. The van der Waals surface area contributed by atoms with Gasteiger partial charge in [-0.05, 0) is 12.8 Å². The zero-order chi connectivity index (χ0) is 9.42. The molecule has 2 atom stereocenters. The first-order valence-electron chi connectivity index (χ1n) is 4.67. The van der Waals surface area contributed by atoms with Gasteiger partial charge in [-0.1, -0.05) is 6.92 Å². The van der Waals surface area contributed by atoms with Crippen LogP contribution in [0.4, 0.5) is 0 Å². The predicted molar refractivity (Wildman–Crippen MR) is 49.3 cm³/mol. The summed E-state index contributed by atoms with van der Waals surface area (Å²) in [5.41, 5.74) is 8.00. The van der Waals surface area contributed by atoms with Crippen molar-refractivity contribution in [3.05, 3.63) is 17.2 Å². The molecule has 0 fully saturated rings. The van der Waals surface area contributed by atoms with Crippen molar-refractivity contribution in [3.63, 3.8) is 0 Å². The minimum absolute atomic E-state index is 0.0548. The standard InChI is InChI=1S/C9H15N3O/c1-5-2-3-7-8(5)12-9(11-7)6(10)4-13/h5-6,13H,2-4,10H2,1H3,(H,11,12). The lowest BCUT2D eigenvalue weighted by atomic mass is 10.1. The lowest BCUT2D eigenvalue weighted by Gasteiger charge is -2.04. The number of fused-ring (bicyclic) bond motifs is 1. The summed E-state index contributed by atoms with van der Waals surface area (Å²) in [4.78, 5) is 7.58. The number of aliphatic hydroxyl groups is 1. The van der Waals surface area contributed by atoms with Crippen molar-refractivity contribution >= 4 is 0 Å². The highest BCUT2D eigenvalue weighted by Gasteiger charge is 2.24. The van der Waals surface area contributed by atoms with E-state index in [4.69, 9.17) is 10.8 Å². The molecule has 4 N–H and O–H groups in total. The van der Waals surface area contributed by atoms with Crippen LogP contribution in [0, 0.1) is 0 Å². The summed E-state index contributed by atoms with van der Waals surface area (Å²) in [5, 5.41) is 8.86. The first kappa shape index (κ1) is 8.72. The molecule has 1 heterocycles. The zero-order valence-corrected chi connectivity index (χ0v) is 7.75. The molecule has 1 aromatic heterocycles. The number of H-pyrrole nitrogens is 1. The highest BCUT2D eigenvalue weighted by atomic mass is 16.3. The first-order valence-corrected chi connectivity index (χ1v) is 4.67. The molecule has 0 aromatic carbocycles. The van der Waals surface area contributed by atoms with Crippen molar-refractivity contribution in [1.29, 1.82) is 0 Å². The second-order valence-electron chi connectivity index (χ2n) is 3.71. The number of aromatic amines is 1. The van der Waals surface area contributed by atoms with Crippen LogP contribution in [0.2, 0.25) is 0 Å². The Labute approximate surface area is 77.2 Å². The minimum atomic E-state index is -0.363. The molecule has 72 valence electrons. The van der Waals surface area contributed by atoms with Crippen LogP contribution in [-0.2, 0) is 6.42 Å². The number of nitrogens with zero attached hydrogens (tertiary/aromatic N) is 1. The van der Waals surface area contributed by atoms with E-state index in [9.17, 15) is 0 Å². The van der Waals surface area contributed by atoms with Gasteiger partial charge in [0.05, 0.1) is 18.3 Å². The van der Waals surface area contributed by atoms with E-state index in [0.717, 1.165) is 17.9 Å². The van der Waals surface area contributed by atoms with Gasteiger partial charge in [0.25, 0.3) is 0 Å². The number of hydrogen-bond acceptors (Lipinski definition) is 3. The Hall–Kier alpha value is -0.870. The van der Waals surface area contributed by atoms with Gasteiger partial charge < -0.3 is 15.8 Å². The molecule has 2 rings (SSSR count). The second kappa shape index (κ2) is 3.12. The van der Waals surface area contributed by atoms with Crippen LogP contribution in [0.1, 0.15) is 42.5 Å². The molecule has 1 aromatic rings. The van der Waals surface area contributed by atoms with Crippen LogP contribution in [0.15, 0.2) is 0 Å². The Balaban J connectivity index is 2.28. The molecular weight excluding hydrogens is 166 g/mol. The van der Waals surface area contributed by atoms with Crippen LogP contribution < -0.4 is 5.73 Å². The average Bonchev–Trinajstić information content (AvgIpc) is 2.67. The van der Waals surface area contributed by atoms with Crippen LogP contribution in [-0.4, -0.2) is 21.7 Å². The topological polar surface area (TPSA) is 74.9 Å². The molecule has 4 nitrogen and oxygen atoms in total. The molecule has 0 amide bonds. The highest BCUT2D eigenvalue weighted by molar-refractivity contribution is 5.24. The first-order chi connectivity index (χ1) is 6.22. The molecule has 1 aliphatic carbocycles. The van der Waals surface area contributed by atoms with Gasteiger partial charge in [0.15, 0.2) is 0 Å². The quantitative estimate of drug-likeness (QED) is 0.620. The largest absolute Gasteiger partial charge is 0.394 e. The number of nitrogens with two attached hydrogens (primary N) is 1. The Kier molecular flexibility index (Phi) is 2.09. The fraction of sp³-hybridized carbons (Fsp3) is 0.667. The van der Waals surface area contributed by atoms with Crippen LogP contribution in [0.3, 0.4) is 0 Å². The summed E-state index contributed by atoms with van der Waals surface area (Å²) in [7, 11) is 0. The van der Waals surface area contributed by atoms with Crippen molar-refractivity contribution in [2.75, 3.05) is 6.61 Å². The maximum Gasteiger partial charge on any atom is 0.125 e. The van der Waals surface area contributed by atoms with E-state index in [2.05, 4.69) is 16.9 Å². The maximum absolute atomic E-state index is 8.86. The molecule has 0 saturated carbocycles. The number of rotatable bonds is 2. The van der Waals surface area contributed by atoms with Gasteiger partial charge in [-0.25, -0.2) is 4.98 Å². The summed E-state index contributed by atoms with van der Waals surface area (Å²) in [6, 6.07) is -0.363. The summed E-state index contributed by atoms with van der Waals surface area (Å²) >= 11 is 0. The third-order valence-corrected chi connectivity index (χ3v) is 2.67. The lowest BCUT2D eigenvalue weighted by molar-refractivity contribution is 0.263. The van der Waals surface area contributed by atoms with Crippen molar-refractivity contribution in [2.24, 2.45) is 5.73 Å². The number of aryl methyl sites for hydroxylation is 1. The van der Waals surface area contributed by atoms with E-state index >= 15 is 0 Å². The van der Waals surface area contributed by atoms with Crippen molar-refractivity contribution in [1.82, 2.24) is 9.97 Å². The van der Waals surface area contributed by atoms with Gasteiger partial charge >= 0.3 is 0 Å². The molecule has 2 unspecified atom stereocenters. The molecular formula is C9H15N3O. The van der Waals surface area contributed by atoms with E-state index < -0.39 is 0 Å². The lowest BCUT2D eigenvalue weighted by Crippen LogP contribution is -2.16. The highest BCUT2D eigenvalue weighted by Crippen LogP contribution is 2.31. The normalized spacial score (nSPS) is 23.2. The predicted octanol–water partition coefficient (Wildman–Crippen LogP) is 0.452. The fourth-order valence-corrected chi connectivity index (χ4v) is 1.80. The number of imidazole rings is 1. The third kappa shape index (κ3) is 1.36. The Morgan fingerprint density at radius 1 is 1.77 bits per heavy atom. The number of aromatic nitrogens is 2. The number of hydrogen-bond donors (Lipinski definition) is 3. The summed E-state index contributed by atoms with van der Waals surface area (Å²) in [6.07, 6.45) is 2.23. The van der Waals surface area contributed by atoms with Gasteiger partial charge in [-0.3, -0.25) is 0 Å². The van der Waals surface area contributed by atoms with Gasteiger partial charge in [0.2, 0.25) is 0 Å². The van der Waals surface area contributed by atoms with E-state index in [1.54, 1.807) is 0 Å². The molecule has 0 spiro atoms. The van der Waals surface area contributed by atoms with Gasteiger partial charge in [0, 0.05) is 11.6 Å².